The number of nitrogens with one attached hydrogen (secondary N) is 2. The minimum atomic E-state index is 0.167. The van der Waals surface area contributed by atoms with Gasteiger partial charge in [-0.2, -0.15) is 5.26 Å². The number of nitrogens with zero attached hydrogens (tertiary/aromatic N) is 2. The van der Waals surface area contributed by atoms with Gasteiger partial charge in [0.15, 0.2) is 0 Å². The summed E-state index contributed by atoms with van der Waals surface area (Å²) in [5.74, 6) is 2.01. The summed E-state index contributed by atoms with van der Waals surface area (Å²) in [6.45, 7) is 2.67. The van der Waals surface area contributed by atoms with Crippen LogP contribution in [0.3, 0.4) is 0 Å². The fraction of sp³-hybridized carbons (Fsp3) is 0.333. The lowest BCUT2D eigenvalue weighted by atomic mass is 10.2. The third-order valence-electron chi connectivity index (χ3n) is 2.55. The lowest BCUT2D eigenvalue weighted by molar-refractivity contribution is 0.430. The normalized spacial score (nSPS) is 12.2. The van der Waals surface area contributed by atoms with E-state index < -0.39 is 0 Å². The smallest absolute Gasteiger partial charge is 0.203 e. The molecular formula is C12H14N4O. The SMILES string of the molecule is CCC(NCc1ccc(C#N)o1)c1ncc[nH]1. The average Bonchev–Trinajstić information content (AvgIpc) is 3.00. The lowest BCUT2D eigenvalue weighted by Crippen LogP contribution is -2.21. The molecule has 17 heavy (non-hydrogen) atoms. The van der Waals surface area contributed by atoms with Crippen molar-refractivity contribution in [3.63, 3.8) is 0 Å². The highest BCUT2D eigenvalue weighted by Gasteiger charge is 2.11. The molecule has 0 radical (unpaired) electrons. The molecule has 0 spiro atoms. The van der Waals surface area contributed by atoms with Crippen LogP contribution in [0, 0.1) is 11.3 Å². The molecule has 0 aliphatic heterocycles. The molecule has 0 aliphatic rings. The van der Waals surface area contributed by atoms with Gasteiger partial charge in [0, 0.05) is 12.4 Å². The Balaban J connectivity index is 1.95. The van der Waals surface area contributed by atoms with Gasteiger partial charge >= 0.3 is 0 Å². The van der Waals surface area contributed by atoms with Gasteiger partial charge in [0.2, 0.25) is 5.76 Å². The largest absolute Gasteiger partial charge is 0.449 e. The molecule has 2 aromatic rings. The molecular weight excluding hydrogens is 216 g/mol. The first-order chi connectivity index (χ1) is 8.33. The van der Waals surface area contributed by atoms with Crippen molar-refractivity contribution in [2.24, 2.45) is 0 Å². The Bertz CT molecular complexity index is 495. The van der Waals surface area contributed by atoms with Crippen LogP contribution in [0.1, 0.15) is 36.7 Å². The van der Waals surface area contributed by atoms with Crippen molar-refractivity contribution in [3.8, 4) is 6.07 Å². The van der Waals surface area contributed by atoms with Crippen LogP contribution in [-0.4, -0.2) is 9.97 Å². The van der Waals surface area contributed by atoms with Crippen LogP contribution in [0.25, 0.3) is 0 Å². The van der Waals surface area contributed by atoms with Crippen LogP contribution in [0.15, 0.2) is 28.9 Å². The summed E-state index contributed by atoms with van der Waals surface area (Å²) in [6, 6.07) is 5.61. The van der Waals surface area contributed by atoms with Gasteiger partial charge in [-0.3, -0.25) is 0 Å². The topological polar surface area (TPSA) is 77.6 Å². The van der Waals surface area contributed by atoms with E-state index in [9.17, 15) is 0 Å². The van der Waals surface area contributed by atoms with E-state index >= 15 is 0 Å². The number of hydrogen-bond donors (Lipinski definition) is 2. The number of aromatic nitrogens is 2. The lowest BCUT2D eigenvalue weighted by Gasteiger charge is -2.13. The van der Waals surface area contributed by atoms with Crippen LogP contribution in [-0.2, 0) is 6.54 Å². The second-order valence-corrected chi connectivity index (χ2v) is 3.69. The maximum Gasteiger partial charge on any atom is 0.203 e. The zero-order valence-corrected chi connectivity index (χ0v) is 9.60. The maximum absolute atomic E-state index is 8.65. The van der Waals surface area contributed by atoms with Crippen molar-refractivity contribution in [3.05, 3.63) is 41.9 Å². The number of H-pyrrole nitrogens is 1. The van der Waals surface area contributed by atoms with Crippen molar-refractivity contribution < 1.29 is 4.42 Å². The predicted octanol–water partition coefficient (Wildman–Crippen LogP) is 2.12. The third-order valence-corrected chi connectivity index (χ3v) is 2.55. The first-order valence-corrected chi connectivity index (χ1v) is 5.55. The molecule has 2 aromatic heterocycles. The summed E-state index contributed by atoms with van der Waals surface area (Å²) in [5.41, 5.74) is 0. The minimum Gasteiger partial charge on any atom is -0.449 e. The van der Waals surface area contributed by atoms with Crippen molar-refractivity contribution in [2.45, 2.75) is 25.9 Å². The van der Waals surface area contributed by atoms with Crippen LogP contribution < -0.4 is 5.32 Å². The first-order valence-electron chi connectivity index (χ1n) is 5.55. The van der Waals surface area contributed by atoms with E-state index in [4.69, 9.17) is 9.68 Å². The highest BCUT2D eigenvalue weighted by molar-refractivity contribution is 5.19. The Morgan fingerprint density at radius 3 is 3.06 bits per heavy atom. The molecule has 0 amide bonds. The average molecular weight is 230 g/mol. The summed E-state index contributed by atoms with van der Waals surface area (Å²) in [7, 11) is 0. The summed E-state index contributed by atoms with van der Waals surface area (Å²) < 4.78 is 5.29. The van der Waals surface area contributed by atoms with Crippen LogP contribution in [0.4, 0.5) is 0 Å². The number of rotatable bonds is 5. The fourth-order valence-electron chi connectivity index (χ4n) is 1.66. The predicted molar refractivity (Wildman–Crippen MR) is 61.9 cm³/mol. The van der Waals surface area contributed by atoms with Crippen molar-refractivity contribution in [1.82, 2.24) is 15.3 Å². The fourth-order valence-corrected chi connectivity index (χ4v) is 1.66. The first kappa shape index (κ1) is 11.4. The number of furan rings is 1. The molecule has 88 valence electrons. The molecule has 5 heteroatoms. The standard InChI is InChI=1S/C12H14N4O/c1-2-11(12-14-5-6-15-12)16-8-10-4-3-9(7-13)17-10/h3-6,11,16H,2,8H2,1H3,(H,14,15). The monoisotopic (exact) mass is 230 g/mol. The van der Waals surface area contributed by atoms with Gasteiger partial charge in [0.1, 0.15) is 17.7 Å². The maximum atomic E-state index is 8.65. The number of hydrogen-bond acceptors (Lipinski definition) is 4. The van der Waals surface area contributed by atoms with Crippen molar-refractivity contribution in [2.75, 3.05) is 0 Å². The molecule has 0 bridgehead atoms. The Kier molecular flexibility index (Phi) is 3.58. The Morgan fingerprint density at radius 2 is 2.47 bits per heavy atom. The molecule has 0 saturated carbocycles. The van der Waals surface area contributed by atoms with Crippen molar-refractivity contribution in [1.29, 1.82) is 5.26 Å². The molecule has 0 aliphatic carbocycles. The van der Waals surface area contributed by atoms with Gasteiger partial charge in [0.05, 0.1) is 12.6 Å². The molecule has 2 rings (SSSR count). The zero-order chi connectivity index (χ0) is 12.1. The van der Waals surface area contributed by atoms with Crippen LogP contribution in [0.2, 0.25) is 0 Å². The van der Waals surface area contributed by atoms with E-state index in [1.807, 2.05) is 6.07 Å². The van der Waals surface area contributed by atoms with Gasteiger partial charge in [0.25, 0.3) is 0 Å². The Labute approximate surface area is 99.5 Å². The summed E-state index contributed by atoms with van der Waals surface area (Å²) in [4.78, 5) is 7.30. The quantitative estimate of drug-likeness (QED) is 0.824. The second kappa shape index (κ2) is 5.32. The van der Waals surface area contributed by atoms with E-state index in [1.165, 1.54) is 0 Å². The van der Waals surface area contributed by atoms with E-state index in [-0.39, 0.29) is 6.04 Å². The minimum absolute atomic E-state index is 0.167. The van der Waals surface area contributed by atoms with Crippen molar-refractivity contribution >= 4 is 0 Å². The van der Waals surface area contributed by atoms with E-state index in [2.05, 4.69) is 22.2 Å². The van der Waals surface area contributed by atoms with Gasteiger partial charge < -0.3 is 14.7 Å². The molecule has 0 aromatic carbocycles. The van der Waals surface area contributed by atoms with Crippen LogP contribution in [0.5, 0.6) is 0 Å². The van der Waals surface area contributed by atoms with E-state index in [0.29, 0.717) is 12.3 Å². The molecule has 2 N–H and O–H groups in total. The van der Waals surface area contributed by atoms with Gasteiger partial charge in [-0.25, -0.2) is 4.98 Å². The third kappa shape index (κ3) is 2.74. The zero-order valence-electron chi connectivity index (χ0n) is 9.60. The highest BCUT2D eigenvalue weighted by atomic mass is 16.3. The highest BCUT2D eigenvalue weighted by Crippen LogP contribution is 2.13. The van der Waals surface area contributed by atoms with E-state index in [0.717, 1.165) is 18.0 Å². The molecule has 1 unspecified atom stereocenters. The Hall–Kier alpha value is -2.06. The molecule has 2 heterocycles. The van der Waals surface area contributed by atoms with Gasteiger partial charge in [-0.15, -0.1) is 0 Å². The molecule has 0 fully saturated rings. The summed E-state index contributed by atoms with van der Waals surface area (Å²) >= 11 is 0. The Morgan fingerprint density at radius 1 is 1.59 bits per heavy atom. The number of imidazole rings is 1. The number of aromatic amines is 1. The second-order valence-electron chi connectivity index (χ2n) is 3.69. The van der Waals surface area contributed by atoms with Gasteiger partial charge in [-0.05, 0) is 18.6 Å². The van der Waals surface area contributed by atoms with Crippen LogP contribution >= 0.6 is 0 Å². The summed E-state index contributed by atoms with van der Waals surface area (Å²) in [5, 5.41) is 12.0. The molecule has 1 atom stereocenters. The van der Waals surface area contributed by atoms with Gasteiger partial charge in [-0.1, -0.05) is 6.92 Å². The molecule has 5 nitrogen and oxygen atoms in total. The number of nitriles is 1. The molecule has 0 saturated heterocycles. The van der Waals surface area contributed by atoms with E-state index in [1.54, 1.807) is 24.5 Å². The summed E-state index contributed by atoms with van der Waals surface area (Å²) in [6.07, 6.45) is 4.47.